The van der Waals surface area contributed by atoms with Crippen LogP contribution in [0.25, 0.3) is 0 Å². The van der Waals surface area contributed by atoms with Crippen LogP contribution in [-0.2, 0) is 9.47 Å². The van der Waals surface area contributed by atoms with Crippen LogP contribution in [-0.4, -0.2) is 31.2 Å². The van der Waals surface area contributed by atoms with Gasteiger partial charge in [-0.1, -0.05) is 6.92 Å². The molecular formula is C12H21NO3. The molecule has 0 aromatic carbocycles. The van der Waals surface area contributed by atoms with E-state index >= 15 is 0 Å². The van der Waals surface area contributed by atoms with Gasteiger partial charge in [-0.15, -0.1) is 0 Å². The normalized spacial score (nSPS) is 33.7. The zero-order valence-corrected chi connectivity index (χ0v) is 10.5. The first-order chi connectivity index (χ1) is 7.43. The Kier molecular flexibility index (Phi) is 3.95. The lowest BCUT2D eigenvalue weighted by atomic mass is 9.71. The Hall–Kier alpha value is -0.630. The maximum Gasteiger partial charge on any atom is 0.186 e. The van der Waals surface area contributed by atoms with Crippen molar-refractivity contribution in [3.8, 4) is 6.07 Å². The molecule has 92 valence electrons. The number of rotatable bonds is 4. The molecule has 3 unspecified atom stereocenters. The first-order valence-electron chi connectivity index (χ1n) is 5.62. The SMILES string of the molecule is COC(OC)C(C)(O)C1(C#N)CCC(C)C1. The highest BCUT2D eigenvalue weighted by Crippen LogP contribution is 2.50. The second kappa shape index (κ2) is 4.70. The summed E-state index contributed by atoms with van der Waals surface area (Å²) in [5.74, 6) is 0.459. The molecular weight excluding hydrogens is 206 g/mol. The molecule has 0 heterocycles. The fourth-order valence-corrected chi connectivity index (χ4v) is 2.75. The quantitative estimate of drug-likeness (QED) is 0.742. The van der Waals surface area contributed by atoms with Gasteiger partial charge in [-0.2, -0.15) is 5.26 Å². The van der Waals surface area contributed by atoms with Crippen molar-refractivity contribution >= 4 is 0 Å². The largest absolute Gasteiger partial charge is 0.383 e. The molecule has 0 spiro atoms. The molecule has 1 saturated carbocycles. The van der Waals surface area contributed by atoms with Crippen LogP contribution in [0.15, 0.2) is 0 Å². The zero-order valence-electron chi connectivity index (χ0n) is 10.5. The Labute approximate surface area is 97.2 Å². The molecule has 0 aromatic rings. The molecule has 0 saturated heterocycles. The topological polar surface area (TPSA) is 62.5 Å². The summed E-state index contributed by atoms with van der Waals surface area (Å²) in [6, 6.07) is 2.29. The van der Waals surface area contributed by atoms with E-state index in [0.29, 0.717) is 18.8 Å². The van der Waals surface area contributed by atoms with E-state index in [1.165, 1.54) is 14.2 Å². The molecule has 1 rings (SSSR count). The smallest absolute Gasteiger partial charge is 0.186 e. The lowest BCUT2D eigenvalue weighted by molar-refractivity contribution is -0.240. The van der Waals surface area contributed by atoms with Gasteiger partial charge in [0.15, 0.2) is 6.29 Å². The van der Waals surface area contributed by atoms with Crippen molar-refractivity contribution in [3.05, 3.63) is 0 Å². The number of hydrogen-bond donors (Lipinski definition) is 1. The van der Waals surface area contributed by atoms with Crippen LogP contribution in [0.5, 0.6) is 0 Å². The standard InChI is InChI=1S/C12H21NO3/c1-9-5-6-12(7-9,8-13)11(2,14)10(15-3)16-4/h9-10,14H,5-7H2,1-4H3. The molecule has 1 N–H and O–H groups in total. The van der Waals surface area contributed by atoms with Gasteiger partial charge in [0.25, 0.3) is 0 Å². The van der Waals surface area contributed by atoms with Crippen LogP contribution in [0.4, 0.5) is 0 Å². The van der Waals surface area contributed by atoms with Crippen molar-refractivity contribution in [2.75, 3.05) is 14.2 Å². The molecule has 1 aliphatic carbocycles. The second-order valence-electron chi connectivity index (χ2n) is 4.99. The summed E-state index contributed by atoms with van der Waals surface area (Å²) in [5.41, 5.74) is -2.04. The van der Waals surface area contributed by atoms with Crippen LogP contribution in [0.1, 0.15) is 33.1 Å². The van der Waals surface area contributed by atoms with E-state index in [0.717, 1.165) is 6.42 Å². The lowest BCUT2D eigenvalue weighted by Crippen LogP contribution is -2.54. The first-order valence-corrected chi connectivity index (χ1v) is 5.62. The highest BCUT2D eigenvalue weighted by atomic mass is 16.7. The molecule has 0 amide bonds. The molecule has 0 aliphatic heterocycles. The van der Waals surface area contributed by atoms with Crippen molar-refractivity contribution in [3.63, 3.8) is 0 Å². The van der Waals surface area contributed by atoms with Crippen molar-refractivity contribution in [2.24, 2.45) is 11.3 Å². The van der Waals surface area contributed by atoms with E-state index in [4.69, 9.17) is 9.47 Å². The Morgan fingerprint density at radius 1 is 1.50 bits per heavy atom. The summed E-state index contributed by atoms with van der Waals surface area (Å²) in [7, 11) is 2.96. The van der Waals surface area contributed by atoms with Gasteiger partial charge >= 0.3 is 0 Å². The third-order valence-corrected chi connectivity index (χ3v) is 3.83. The van der Waals surface area contributed by atoms with Gasteiger partial charge in [0.05, 0.1) is 11.5 Å². The third kappa shape index (κ3) is 1.95. The van der Waals surface area contributed by atoms with E-state index in [1.54, 1.807) is 6.92 Å². The molecule has 4 nitrogen and oxygen atoms in total. The Morgan fingerprint density at radius 2 is 2.06 bits per heavy atom. The summed E-state index contributed by atoms with van der Waals surface area (Å²) in [4.78, 5) is 0. The number of methoxy groups -OCH3 is 2. The predicted octanol–water partition coefficient (Wildman–Crippen LogP) is 1.69. The van der Waals surface area contributed by atoms with Crippen LogP contribution < -0.4 is 0 Å². The number of nitriles is 1. The van der Waals surface area contributed by atoms with Gasteiger partial charge < -0.3 is 14.6 Å². The molecule has 1 aliphatic rings. The maximum absolute atomic E-state index is 10.6. The van der Waals surface area contributed by atoms with E-state index in [2.05, 4.69) is 13.0 Å². The lowest BCUT2D eigenvalue weighted by Gasteiger charge is -2.41. The van der Waals surface area contributed by atoms with Gasteiger partial charge in [-0.05, 0) is 32.1 Å². The minimum Gasteiger partial charge on any atom is -0.383 e. The van der Waals surface area contributed by atoms with E-state index < -0.39 is 17.3 Å². The molecule has 3 atom stereocenters. The second-order valence-corrected chi connectivity index (χ2v) is 4.99. The summed E-state index contributed by atoms with van der Waals surface area (Å²) in [6.45, 7) is 3.73. The molecule has 4 heteroatoms. The average Bonchev–Trinajstić information content (AvgIpc) is 2.63. The number of aliphatic hydroxyl groups is 1. The van der Waals surface area contributed by atoms with Crippen LogP contribution in [0.3, 0.4) is 0 Å². The Morgan fingerprint density at radius 3 is 2.38 bits per heavy atom. The van der Waals surface area contributed by atoms with E-state index in [1.807, 2.05) is 0 Å². The summed E-state index contributed by atoms with van der Waals surface area (Å²) in [6.07, 6.45) is 1.59. The van der Waals surface area contributed by atoms with Gasteiger partial charge in [0.2, 0.25) is 0 Å². The Bertz CT molecular complexity index is 280. The summed E-state index contributed by atoms with van der Waals surface area (Å²) < 4.78 is 10.2. The maximum atomic E-state index is 10.6. The summed E-state index contributed by atoms with van der Waals surface area (Å²) in [5, 5.41) is 20.0. The van der Waals surface area contributed by atoms with Gasteiger partial charge in [-0.25, -0.2) is 0 Å². The van der Waals surface area contributed by atoms with Gasteiger partial charge in [-0.3, -0.25) is 0 Å². The minimum absolute atomic E-state index is 0.459. The zero-order chi connectivity index (χ0) is 12.4. The number of ether oxygens (including phenoxy) is 2. The third-order valence-electron chi connectivity index (χ3n) is 3.83. The Balaban J connectivity index is 3.00. The van der Waals surface area contributed by atoms with Crippen molar-refractivity contribution in [1.82, 2.24) is 0 Å². The first kappa shape index (κ1) is 13.4. The van der Waals surface area contributed by atoms with Gasteiger partial charge in [0, 0.05) is 14.2 Å². The highest BCUT2D eigenvalue weighted by molar-refractivity contribution is 5.14. The molecule has 0 aromatic heterocycles. The number of hydrogen-bond acceptors (Lipinski definition) is 4. The van der Waals surface area contributed by atoms with E-state index in [-0.39, 0.29) is 0 Å². The average molecular weight is 227 g/mol. The van der Waals surface area contributed by atoms with Crippen LogP contribution >= 0.6 is 0 Å². The molecule has 1 fully saturated rings. The minimum atomic E-state index is -1.28. The van der Waals surface area contributed by atoms with Crippen molar-refractivity contribution in [2.45, 2.75) is 45.0 Å². The summed E-state index contributed by atoms with van der Waals surface area (Å²) >= 11 is 0. The van der Waals surface area contributed by atoms with Crippen LogP contribution in [0.2, 0.25) is 0 Å². The number of nitrogens with zero attached hydrogens (tertiary/aromatic N) is 1. The monoisotopic (exact) mass is 227 g/mol. The van der Waals surface area contributed by atoms with Crippen LogP contribution in [0, 0.1) is 22.7 Å². The molecule has 16 heavy (non-hydrogen) atoms. The fraction of sp³-hybridized carbons (Fsp3) is 0.917. The fourth-order valence-electron chi connectivity index (χ4n) is 2.75. The highest BCUT2D eigenvalue weighted by Gasteiger charge is 2.56. The van der Waals surface area contributed by atoms with E-state index in [9.17, 15) is 10.4 Å². The molecule has 0 radical (unpaired) electrons. The van der Waals surface area contributed by atoms with Gasteiger partial charge in [0.1, 0.15) is 5.60 Å². The molecule has 0 bridgehead atoms. The predicted molar refractivity (Wildman–Crippen MR) is 59.5 cm³/mol. The van der Waals surface area contributed by atoms with Crippen molar-refractivity contribution in [1.29, 1.82) is 5.26 Å². The van der Waals surface area contributed by atoms with Crippen molar-refractivity contribution < 1.29 is 14.6 Å².